The zero-order valence-corrected chi connectivity index (χ0v) is 9.08. The molecule has 3 heteroatoms. The normalized spacial score (nSPS) is 17.9. The van der Waals surface area contributed by atoms with Gasteiger partial charge in [0.05, 0.1) is 6.54 Å². The van der Waals surface area contributed by atoms with Crippen molar-refractivity contribution in [2.45, 2.75) is 38.1 Å². The fourth-order valence-corrected chi connectivity index (χ4v) is 2.39. The van der Waals surface area contributed by atoms with Crippen LogP contribution >= 0.6 is 0 Å². The maximum Gasteiger partial charge on any atom is 0.122 e. The lowest BCUT2D eigenvalue weighted by Gasteiger charge is -2.11. The molecule has 1 aromatic rings. The van der Waals surface area contributed by atoms with E-state index in [2.05, 4.69) is 28.1 Å². The van der Waals surface area contributed by atoms with Crippen molar-refractivity contribution in [3.8, 4) is 0 Å². The number of nitrogens with zero attached hydrogens (tertiary/aromatic N) is 2. The Kier molecular flexibility index (Phi) is 2.87. The molecule has 0 spiro atoms. The van der Waals surface area contributed by atoms with Crippen molar-refractivity contribution in [2.75, 3.05) is 7.05 Å². The van der Waals surface area contributed by atoms with Crippen molar-refractivity contribution in [2.24, 2.45) is 7.05 Å². The molecule has 0 radical (unpaired) electrons. The standard InChI is InChI=1S/C11H19N3/c1-12-8-11-13-7-10(14(11)2)9-5-3-4-6-9/h7,9,12H,3-6,8H2,1-2H3. The van der Waals surface area contributed by atoms with E-state index in [4.69, 9.17) is 0 Å². The highest BCUT2D eigenvalue weighted by Gasteiger charge is 2.20. The molecule has 14 heavy (non-hydrogen) atoms. The van der Waals surface area contributed by atoms with E-state index in [0.29, 0.717) is 0 Å². The lowest BCUT2D eigenvalue weighted by atomic mass is 10.1. The Morgan fingerprint density at radius 2 is 2.21 bits per heavy atom. The first kappa shape index (κ1) is 9.71. The minimum Gasteiger partial charge on any atom is -0.334 e. The Morgan fingerprint density at radius 1 is 1.50 bits per heavy atom. The molecule has 1 heterocycles. The fourth-order valence-electron chi connectivity index (χ4n) is 2.39. The molecule has 0 atom stereocenters. The van der Waals surface area contributed by atoms with Crippen LogP contribution in [0.4, 0.5) is 0 Å². The van der Waals surface area contributed by atoms with Crippen LogP contribution in [0.25, 0.3) is 0 Å². The smallest absolute Gasteiger partial charge is 0.122 e. The summed E-state index contributed by atoms with van der Waals surface area (Å²) in [6.45, 7) is 0.864. The van der Waals surface area contributed by atoms with Gasteiger partial charge >= 0.3 is 0 Å². The van der Waals surface area contributed by atoms with Gasteiger partial charge in [-0.15, -0.1) is 0 Å². The van der Waals surface area contributed by atoms with Crippen molar-refractivity contribution >= 4 is 0 Å². The fraction of sp³-hybridized carbons (Fsp3) is 0.727. The predicted octanol–water partition coefficient (Wildman–Crippen LogP) is 1.80. The molecule has 0 amide bonds. The van der Waals surface area contributed by atoms with E-state index in [1.54, 1.807) is 0 Å². The number of rotatable bonds is 3. The van der Waals surface area contributed by atoms with Gasteiger partial charge in [-0.2, -0.15) is 0 Å². The molecule has 3 nitrogen and oxygen atoms in total. The number of hydrogen-bond acceptors (Lipinski definition) is 2. The SMILES string of the molecule is CNCc1ncc(C2CCCC2)n1C. The average Bonchev–Trinajstić information content (AvgIpc) is 2.77. The van der Waals surface area contributed by atoms with Crippen LogP contribution in [0.5, 0.6) is 0 Å². The van der Waals surface area contributed by atoms with E-state index in [-0.39, 0.29) is 0 Å². The summed E-state index contributed by atoms with van der Waals surface area (Å²) in [6.07, 6.45) is 7.52. The molecule has 1 saturated carbocycles. The van der Waals surface area contributed by atoms with Gasteiger partial charge in [-0.25, -0.2) is 4.98 Å². The van der Waals surface area contributed by atoms with E-state index in [0.717, 1.165) is 18.3 Å². The van der Waals surface area contributed by atoms with Gasteiger partial charge < -0.3 is 9.88 Å². The monoisotopic (exact) mass is 193 g/mol. The van der Waals surface area contributed by atoms with Gasteiger partial charge in [-0.05, 0) is 19.9 Å². The molecule has 78 valence electrons. The van der Waals surface area contributed by atoms with Gasteiger partial charge in [0.15, 0.2) is 0 Å². The van der Waals surface area contributed by atoms with Crippen LogP contribution in [-0.4, -0.2) is 16.6 Å². The Morgan fingerprint density at radius 3 is 2.86 bits per heavy atom. The Bertz CT molecular complexity index is 297. The van der Waals surface area contributed by atoms with Crippen molar-refractivity contribution < 1.29 is 0 Å². The van der Waals surface area contributed by atoms with E-state index in [1.807, 2.05) is 7.05 Å². The molecule has 1 aromatic heterocycles. The van der Waals surface area contributed by atoms with Crippen LogP contribution in [0.3, 0.4) is 0 Å². The van der Waals surface area contributed by atoms with Crippen LogP contribution in [0.2, 0.25) is 0 Å². The summed E-state index contributed by atoms with van der Waals surface area (Å²) in [5.41, 5.74) is 1.42. The minimum atomic E-state index is 0.762. The number of nitrogens with one attached hydrogen (secondary N) is 1. The number of hydrogen-bond donors (Lipinski definition) is 1. The van der Waals surface area contributed by atoms with E-state index in [9.17, 15) is 0 Å². The van der Waals surface area contributed by atoms with Gasteiger partial charge in [0.2, 0.25) is 0 Å². The summed E-state index contributed by atoms with van der Waals surface area (Å²) < 4.78 is 2.26. The second kappa shape index (κ2) is 4.13. The highest BCUT2D eigenvalue weighted by Crippen LogP contribution is 2.33. The molecule has 0 unspecified atom stereocenters. The zero-order chi connectivity index (χ0) is 9.97. The second-order valence-electron chi connectivity index (χ2n) is 4.17. The quantitative estimate of drug-likeness (QED) is 0.793. The second-order valence-corrected chi connectivity index (χ2v) is 4.17. The molecular formula is C11H19N3. The average molecular weight is 193 g/mol. The molecule has 0 saturated heterocycles. The third-order valence-corrected chi connectivity index (χ3v) is 3.23. The summed E-state index contributed by atoms with van der Waals surface area (Å²) in [7, 11) is 4.09. The molecule has 2 rings (SSSR count). The molecular weight excluding hydrogens is 174 g/mol. The lowest BCUT2D eigenvalue weighted by molar-refractivity contribution is 0.627. The first-order valence-electron chi connectivity index (χ1n) is 5.48. The van der Waals surface area contributed by atoms with Crippen molar-refractivity contribution in [1.29, 1.82) is 0 Å². The maximum absolute atomic E-state index is 4.45. The Labute approximate surface area is 85.5 Å². The van der Waals surface area contributed by atoms with Crippen LogP contribution in [0.15, 0.2) is 6.20 Å². The van der Waals surface area contributed by atoms with Gasteiger partial charge in [0.1, 0.15) is 5.82 Å². The minimum absolute atomic E-state index is 0.762. The van der Waals surface area contributed by atoms with Crippen molar-refractivity contribution in [3.05, 3.63) is 17.7 Å². The first-order chi connectivity index (χ1) is 6.83. The van der Waals surface area contributed by atoms with Gasteiger partial charge in [0.25, 0.3) is 0 Å². The topological polar surface area (TPSA) is 29.9 Å². The summed E-state index contributed by atoms with van der Waals surface area (Å²) in [5, 5.41) is 3.15. The Hall–Kier alpha value is -0.830. The van der Waals surface area contributed by atoms with Crippen molar-refractivity contribution in [3.63, 3.8) is 0 Å². The van der Waals surface area contributed by atoms with Gasteiger partial charge in [-0.3, -0.25) is 0 Å². The molecule has 1 N–H and O–H groups in total. The summed E-state index contributed by atoms with van der Waals surface area (Å²) in [5.74, 6) is 1.91. The van der Waals surface area contributed by atoms with Crippen LogP contribution in [0, 0.1) is 0 Å². The molecule has 1 aliphatic rings. The van der Waals surface area contributed by atoms with Crippen LogP contribution in [-0.2, 0) is 13.6 Å². The summed E-state index contributed by atoms with van der Waals surface area (Å²) in [4.78, 5) is 4.45. The van der Waals surface area contributed by atoms with Gasteiger partial charge in [0, 0.05) is 24.9 Å². The van der Waals surface area contributed by atoms with E-state index in [1.165, 1.54) is 31.4 Å². The van der Waals surface area contributed by atoms with Crippen LogP contribution in [0.1, 0.15) is 43.1 Å². The van der Waals surface area contributed by atoms with E-state index < -0.39 is 0 Å². The zero-order valence-electron chi connectivity index (χ0n) is 9.08. The largest absolute Gasteiger partial charge is 0.334 e. The highest BCUT2D eigenvalue weighted by molar-refractivity contribution is 5.11. The summed E-state index contributed by atoms with van der Waals surface area (Å²) >= 11 is 0. The molecule has 0 aliphatic heterocycles. The highest BCUT2D eigenvalue weighted by atomic mass is 15.1. The lowest BCUT2D eigenvalue weighted by Crippen LogP contribution is -2.12. The third kappa shape index (κ3) is 1.69. The third-order valence-electron chi connectivity index (χ3n) is 3.23. The number of aromatic nitrogens is 2. The van der Waals surface area contributed by atoms with Crippen LogP contribution < -0.4 is 5.32 Å². The molecule has 0 bridgehead atoms. The van der Waals surface area contributed by atoms with Crippen molar-refractivity contribution in [1.82, 2.24) is 14.9 Å². The molecule has 1 fully saturated rings. The first-order valence-corrected chi connectivity index (χ1v) is 5.48. The Balaban J connectivity index is 2.17. The summed E-state index contributed by atoms with van der Waals surface area (Å²) in [6, 6.07) is 0. The predicted molar refractivity (Wildman–Crippen MR) is 57.2 cm³/mol. The molecule has 1 aliphatic carbocycles. The van der Waals surface area contributed by atoms with E-state index >= 15 is 0 Å². The molecule has 0 aromatic carbocycles. The maximum atomic E-state index is 4.45. The number of imidazole rings is 1. The van der Waals surface area contributed by atoms with Gasteiger partial charge in [-0.1, -0.05) is 12.8 Å².